The first-order valence-corrected chi connectivity index (χ1v) is 6.29. The number of amides is 1. The van der Waals surface area contributed by atoms with Crippen molar-refractivity contribution in [2.75, 3.05) is 13.2 Å². The van der Waals surface area contributed by atoms with Crippen molar-refractivity contribution in [1.82, 2.24) is 5.32 Å². The van der Waals surface area contributed by atoms with Crippen molar-refractivity contribution >= 4 is 17.8 Å². The maximum atomic E-state index is 11.5. The normalized spacial score (nSPS) is 11.8. The van der Waals surface area contributed by atoms with Gasteiger partial charge in [-0.05, 0) is 26.2 Å². The molecule has 19 heavy (non-hydrogen) atoms. The number of hydrogen-bond acceptors (Lipinski definition) is 4. The zero-order valence-electron chi connectivity index (χ0n) is 11.1. The predicted octanol–water partition coefficient (Wildman–Crippen LogP) is 0.627. The fourth-order valence-electron chi connectivity index (χ4n) is 1.46. The number of carbonyl (C=O) groups excluding carboxylic acids is 1. The first kappa shape index (κ1) is 17.4. The minimum absolute atomic E-state index is 0.107. The van der Waals surface area contributed by atoms with E-state index in [0.717, 1.165) is 0 Å². The van der Waals surface area contributed by atoms with E-state index in [2.05, 4.69) is 5.32 Å². The molecule has 0 aromatic heterocycles. The lowest BCUT2D eigenvalue weighted by atomic mass is 10.1. The van der Waals surface area contributed by atoms with E-state index in [9.17, 15) is 14.4 Å². The number of ether oxygens (including phenoxy) is 1. The largest absolute Gasteiger partial charge is 0.481 e. The predicted molar refractivity (Wildman–Crippen MR) is 66.8 cm³/mol. The molecule has 0 unspecified atom stereocenters. The third-order valence-corrected chi connectivity index (χ3v) is 2.41. The zero-order valence-corrected chi connectivity index (χ0v) is 11.1. The van der Waals surface area contributed by atoms with Crippen LogP contribution >= 0.6 is 0 Å². The SMILES string of the molecule is CCOCCCC(=O)N[C@H](CCCC(=O)O)C(=O)O. The smallest absolute Gasteiger partial charge is 0.326 e. The summed E-state index contributed by atoms with van der Waals surface area (Å²) in [5.74, 6) is -2.49. The summed E-state index contributed by atoms with van der Waals surface area (Å²) >= 11 is 0. The van der Waals surface area contributed by atoms with Gasteiger partial charge < -0.3 is 20.3 Å². The lowest BCUT2D eigenvalue weighted by Crippen LogP contribution is -2.40. The van der Waals surface area contributed by atoms with Crippen LogP contribution in [-0.4, -0.2) is 47.3 Å². The molecule has 3 N–H and O–H groups in total. The van der Waals surface area contributed by atoms with E-state index in [1.807, 2.05) is 6.92 Å². The summed E-state index contributed by atoms with van der Waals surface area (Å²) in [7, 11) is 0. The number of carboxylic acid groups (broad SMARTS) is 2. The Morgan fingerprint density at radius 3 is 2.37 bits per heavy atom. The molecule has 0 radical (unpaired) electrons. The molecule has 0 saturated carbocycles. The van der Waals surface area contributed by atoms with Gasteiger partial charge in [0.1, 0.15) is 6.04 Å². The molecule has 0 fully saturated rings. The van der Waals surface area contributed by atoms with Crippen LogP contribution in [0.1, 0.15) is 39.0 Å². The van der Waals surface area contributed by atoms with Crippen molar-refractivity contribution in [2.24, 2.45) is 0 Å². The average molecular weight is 275 g/mol. The maximum absolute atomic E-state index is 11.5. The number of hydrogen-bond donors (Lipinski definition) is 3. The second kappa shape index (κ2) is 10.3. The Bertz CT molecular complexity index is 305. The van der Waals surface area contributed by atoms with Crippen LogP contribution in [0.25, 0.3) is 0 Å². The molecule has 0 bridgehead atoms. The molecule has 1 amide bonds. The first-order chi connectivity index (χ1) is 8.97. The highest BCUT2D eigenvalue weighted by Gasteiger charge is 2.19. The fraction of sp³-hybridized carbons (Fsp3) is 0.750. The topological polar surface area (TPSA) is 113 Å². The molecule has 0 aliphatic heterocycles. The Morgan fingerprint density at radius 2 is 1.84 bits per heavy atom. The van der Waals surface area contributed by atoms with Crippen LogP contribution < -0.4 is 5.32 Å². The maximum Gasteiger partial charge on any atom is 0.326 e. The van der Waals surface area contributed by atoms with E-state index >= 15 is 0 Å². The second-order valence-electron chi connectivity index (χ2n) is 4.04. The molecule has 0 heterocycles. The average Bonchev–Trinajstić information content (AvgIpc) is 2.33. The molecule has 7 heteroatoms. The highest BCUT2D eigenvalue weighted by atomic mass is 16.5. The van der Waals surface area contributed by atoms with E-state index < -0.39 is 18.0 Å². The van der Waals surface area contributed by atoms with Gasteiger partial charge in [0.25, 0.3) is 0 Å². The van der Waals surface area contributed by atoms with Gasteiger partial charge in [-0.1, -0.05) is 0 Å². The van der Waals surface area contributed by atoms with Gasteiger partial charge in [0, 0.05) is 26.1 Å². The van der Waals surface area contributed by atoms with Crippen molar-refractivity contribution in [3.05, 3.63) is 0 Å². The summed E-state index contributed by atoms with van der Waals surface area (Å²) < 4.78 is 5.07. The van der Waals surface area contributed by atoms with Gasteiger partial charge in [-0.2, -0.15) is 0 Å². The highest BCUT2D eigenvalue weighted by Crippen LogP contribution is 2.03. The molecule has 0 saturated heterocycles. The summed E-state index contributed by atoms with van der Waals surface area (Å²) in [6.45, 7) is 2.89. The molecule has 0 aromatic rings. The molecule has 1 atom stereocenters. The summed E-state index contributed by atoms with van der Waals surface area (Å²) in [6, 6.07) is -1.03. The molecule has 0 aliphatic rings. The number of aliphatic carboxylic acids is 2. The fourth-order valence-corrected chi connectivity index (χ4v) is 1.46. The van der Waals surface area contributed by atoms with Crippen LogP contribution in [0.2, 0.25) is 0 Å². The van der Waals surface area contributed by atoms with Crippen molar-refractivity contribution in [1.29, 1.82) is 0 Å². The number of carbonyl (C=O) groups is 3. The van der Waals surface area contributed by atoms with E-state index in [1.165, 1.54) is 0 Å². The summed E-state index contributed by atoms with van der Waals surface area (Å²) in [5, 5.41) is 19.8. The standard InChI is InChI=1S/C12H21NO6/c1-2-19-8-4-6-10(14)13-9(12(17)18)5-3-7-11(15)16/h9H,2-8H2,1H3,(H,13,14)(H,15,16)(H,17,18)/t9-/m1/s1. The second-order valence-corrected chi connectivity index (χ2v) is 4.04. The highest BCUT2D eigenvalue weighted by molar-refractivity contribution is 5.83. The van der Waals surface area contributed by atoms with E-state index in [4.69, 9.17) is 14.9 Å². The van der Waals surface area contributed by atoms with Crippen molar-refractivity contribution < 1.29 is 29.3 Å². The summed E-state index contributed by atoms with van der Waals surface area (Å²) in [4.78, 5) is 32.7. The Morgan fingerprint density at radius 1 is 1.16 bits per heavy atom. The van der Waals surface area contributed by atoms with Gasteiger partial charge in [-0.15, -0.1) is 0 Å². The Balaban J connectivity index is 3.94. The molecule has 0 spiro atoms. The van der Waals surface area contributed by atoms with Crippen molar-refractivity contribution in [3.8, 4) is 0 Å². The molecule has 110 valence electrons. The van der Waals surface area contributed by atoms with Gasteiger partial charge >= 0.3 is 11.9 Å². The van der Waals surface area contributed by atoms with Crippen molar-refractivity contribution in [3.63, 3.8) is 0 Å². The molecular formula is C12H21NO6. The first-order valence-electron chi connectivity index (χ1n) is 6.29. The lowest BCUT2D eigenvalue weighted by molar-refractivity contribution is -0.142. The molecule has 7 nitrogen and oxygen atoms in total. The van der Waals surface area contributed by atoms with Gasteiger partial charge in [-0.3, -0.25) is 9.59 Å². The minimum atomic E-state index is -1.15. The third kappa shape index (κ3) is 10.0. The van der Waals surface area contributed by atoms with Gasteiger partial charge in [0.15, 0.2) is 0 Å². The molecule has 0 rings (SSSR count). The van der Waals surface area contributed by atoms with Crippen LogP contribution in [0, 0.1) is 0 Å². The molecule has 0 aliphatic carbocycles. The Kier molecular flexibility index (Phi) is 9.42. The van der Waals surface area contributed by atoms with Gasteiger partial charge in [0.05, 0.1) is 0 Å². The summed E-state index contributed by atoms with van der Waals surface area (Å²) in [6.07, 6.45) is 0.943. The van der Waals surface area contributed by atoms with E-state index in [-0.39, 0.29) is 31.6 Å². The van der Waals surface area contributed by atoms with E-state index in [1.54, 1.807) is 0 Å². The zero-order chi connectivity index (χ0) is 14.7. The van der Waals surface area contributed by atoms with Crippen LogP contribution in [0.5, 0.6) is 0 Å². The quantitative estimate of drug-likeness (QED) is 0.477. The van der Waals surface area contributed by atoms with Crippen LogP contribution in [0.4, 0.5) is 0 Å². The van der Waals surface area contributed by atoms with Crippen LogP contribution in [-0.2, 0) is 19.1 Å². The molecule has 0 aromatic carbocycles. The number of nitrogens with one attached hydrogen (secondary N) is 1. The lowest BCUT2D eigenvalue weighted by Gasteiger charge is -2.13. The Hall–Kier alpha value is -1.63. The number of rotatable bonds is 11. The monoisotopic (exact) mass is 275 g/mol. The Labute approximate surface area is 111 Å². The van der Waals surface area contributed by atoms with Crippen LogP contribution in [0.3, 0.4) is 0 Å². The third-order valence-electron chi connectivity index (χ3n) is 2.41. The van der Waals surface area contributed by atoms with Gasteiger partial charge in [0.2, 0.25) is 5.91 Å². The van der Waals surface area contributed by atoms with Gasteiger partial charge in [-0.25, -0.2) is 4.79 Å². The number of carboxylic acids is 2. The molecular weight excluding hydrogens is 254 g/mol. The minimum Gasteiger partial charge on any atom is -0.481 e. The van der Waals surface area contributed by atoms with Crippen LogP contribution in [0.15, 0.2) is 0 Å². The van der Waals surface area contributed by atoms with Crippen molar-refractivity contribution in [2.45, 2.75) is 45.1 Å². The van der Waals surface area contributed by atoms with E-state index in [0.29, 0.717) is 19.6 Å². The summed E-state index contributed by atoms with van der Waals surface area (Å²) in [5.41, 5.74) is 0.